The molecular weight excluding hydrogens is 364 g/mol. The Morgan fingerprint density at radius 3 is 2.63 bits per heavy atom. The van der Waals surface area contributed by atoms with E-state index in [2.05, 4.69) is 20.0 Å². The number of benzene rings is 1. The van der Waals surface area contributed by atoms with Gasteiger partial charge in [0.15, 0.2) is 11.5 Å². The molecule has 8 heteroatoms. The van der Waals surface area contributed by atoms with Crippen molar-refractivity contribution in [2.24, 2.45) is 0 Å². The highest BCUT2D eigenvalue weighted by atomic mass is 32.2. The molecule has 0 amide bonds. The van der Waals surface area contributed by atoms with Crippen LogP contribution in [0.2, 0.25) is 0 Å². The van der Waals surface area contributed by atoms with Crippen molar-refractivity contribution in [3.05, 3.63) is 36.5 Å². The van der Waals surface area contributed by atoms with Crippen LogP contribution in [-0.4, -0.2) is 53.9 Å². The number of rotatable bonds is 5. The summed E-state index contributed by atoms with van der Waals surface area (Å²) in [5.74, 6) is 5.31. The monoisotopic (exact) mass is 384 g/mol. The molecule has 1 aromatic carbocycles. The second kappa shape index (κ2) is 7.87. The summed E-state index contributed by atoms with van der Waals surface area (Å²) in [7, 11) is 3.18. The third-order valence-corrected chi connectivity index (χ3v) is 5.34. The number of aromatic nitrogens is 3. The highest BCUT2D eigenvalue weighted by Gasteiger charge is 2.18. The molecule has 1 aliphatic heterocycles. The van der Waals surface area contributed by atoms with Gasteiger partial charge in [-0.2, -0.15) is 16.7 Å². The highest BCUT2D eigenvalue weighted by Crippen LogP contribution is 2.37. The van der Waals surface area contributed by atoms with Gasteiger partial charge in [0, 0.05) is 30.8 Å². The summed E-state index contributed by atoms with van der Waals surface area (Å²) in [6.45, 7) is 2.05. The van der Waals surface area contributed by atoms with E-state index in [4.69, 9.17) is 14.0 Å². The maximum Gasteiger partial charge on any atom is 0.259 e. The highest BCUT2D eigenvalue weighted by molar-refractivity contribution is 7.99. The van der Waals surface area contributed by atoms with Crippen LogP contribution in [0.15, 0.2) is 41.1 Å². The van der Waals surface area contributed by atoms with Crippen molar-refractivity contribution in [3.63, 3.8) is 0 Å². The Labute approximate surface area is 161 Å². The van der Waals surface area contributed by atoms with Crippen LogP contribution in [0.25, 0.3) is 22.8 Å². The van der Waals surface area contributed by atoms with Crippen LogP contribution in [0.1, 0.15) is 0 Å². The molecule has 1 saturated heterocycles. The van der Waals surface area contributed by atoms with Crippen molar-refractivity contribution in [1.29, 1.82) is 0 Å². The van der Waals surface area contributed by atoms with Gasteiger partial charge in [-0.3, -0.25) is 0 Å². The van der Waals surface area contributed by atoms with Gasteiger partial charge in [-0.25, -0.2) is 4.98 Å². The van der Waals surface area contributed by atoms with E-state index in [0.717, 1.165) is 36.0 Å². The van der Waals surface area contributed by atoms with Gasteiger partial charge in [0.2, 0.25) is 5.82 Å². The topological polar surface area (TPSA) is 73.5 Å². The number of hydrogen-bond donors (Lipinski definition) is 0. The minimum atomic E-state index is 0.420. The van der Waals surface area contributed by atoms with Gasteiger partial charge in [-0.05, 0) is 24.3 Å². The number of hydrogen-bond acceptors (Lipinski definition) is 8. The summed E-state index contributed by atoms with van der Waals surface area (Å²) in [6.07, 6.45) is 1.77. The summed E-state index contributed by atoms with van der Waals surface area (Å²) >= 11 is 1.98. The number of methoxy groups -OCH3 is 2. The van der Waals surface area contributed by atoms with Crippen LogP contribution in [-0.2, 0) is 0 Å². The largest absolute Gasteiger partial charge is 0.493 e. The molecule has 0 unspecified atom stereocenters. The lowest BCUT2D eigenvalue weighted by Gasteiger charge is -2.27. The zero-order valence-corrected chi connectivity index (χ0v) is 16.0. The molecule has 4 rings (SSSR count). The Balaban J connectivity index is 1.60. The molecule has 0 saturated carbocycles. The van der Waals surface area contributed by atoms with Crippen LogP contribution in [0, 0.1) is 0 Å². The first-order valence-electron chi connectivity index (χ1n) is 8.64. The van der Waals surface area contributed by atoms with E-state index in [1.807, 2.05) is 42.1 Å². The molecule has 3 aromatic rings. The predicted octanol–water partition coefficient (Wildman–Crippen LogP) is 3.37. The number of anilines is 1. The number of thioether (sulfide) groups is 1. The van der Waals surface area contributed by atoms with Crippen molar-refractivity contribution in [2.45, 2.75) is 0 Å². The first-order valence-corrected chi connectivity index (χ1v) is 9.80. The van der Waals surface area contributed by atoms with Gasteiger partial charge < -0.3 is 18.9 Å². The van der Waals surface area contributed by atoms with E-state index in [-0.39, 0.29) is 0 Å². The smallest absolute Gasteiger partial charge is 0.259 e. The fraction of sp³-hybridized carbons (Fsp3) is 0.316. The van der Waals surface area contributed by atoms with Gasteiger partial charge in [0.1, 0.15) is 5.82 Å². The number of nitrogens with zero attached hydrogens (tertiary/aromatic N) is 4. The SMILES string of the molecule is COc1cccc(-c2noc(-c3ccc(N4CCSCC4)nc3)n2)c1OC. The third-order valence-electron chi connectivity index (χ3n) is 4.40. The normalized spacial score (nSPS) is 14.2. The Hall–Kier alpha value is -2.74. The van der Waals surface area contributed by atoms with E-state index >= 15 is 0 Å². The Morgan fingerprint density at radius 2 is 1.93 bits per heavy atom. The van der Waals surface area contributed by atoms with E-state index in [0.29, 0.717) is 28.8 Å². The average molecular weight is 384 g/mol. The maximum absolute atomic E-state index is 5.45. The molecule has 1 aliphatic rings. The zero-order chi connectivity index (χ0) is 18.6. The van der Waals surface area contributed by atoms with Crippen LogP contribution >= 0.6 is 11.8 Å². The van der Waals surface area contributed by atoms with Crippen molar-refractivity contribution in [1.82, 2.24) is 15.1 Å². The lowest BCUT2D eigenvalue weighted by Crippen LogP contribution is -2.32. The summed E-state index contributed by atoms with van der Waals surface area (Å²) in [5.41, 5.74) is 1.49. The summed E-state index contributed by atoms with van der Waals surface area (Å²) in [5, 5.41) is 4.10. The number of para-hydroxylation sites is 1. The van der Waals surface area contributed by atoms with Crippen molar-refractivity contribution in [2.75, 3.05) is 43.7 Å². The van der Waals surface area contributed by atoms with Gasteiger partial charge >= 0.3 is 0 Å². The fourth-order valence-corrected chi connectivity index (χ4v) is 3.91. The summed E-state index contributed by atoms with van der Waals surface area (Å²) in [4.78, 5) is 11.4. The Kier molecular flexibility index (Phi) is 5.15. The number of pyridine rings is 1. The summed E-state index contributed by atoms with van der Waals surface area (Å²) in [6, 6.07) is 9.52. The first-order chi connectivity index (χ1) is 13.3. The predicted molar refractivity (Wildman–Crippen MR) is 106 cm³/mol. The quantitative estimate of drug-likeness (QED) is 0.663. The first kappa shape index (κ1) is 17.7. The molecule has 0 aliphatic carbocycles. The van der Waals surface area contributed by atoms with Gasteiger partial charge in [0.05, 0.1) is 25.3 Å². The van der Waals surface area contributed by atoms with Crippen molar-refractivity contribution < 1.29 is 14.0 Å². The van der Waals surface area contributed by atoms with Crippen LogP contribution < -0.4 is 14.4 Å². The average Bonchev–Trinajstić information content (AvgIpc) is 3.24. The van der Waals surface area contributed by atoms with Gasteiger partial charge in [-0.1, -0.05) is 11.2 Å². The lowest BCUT2D eigenvalue weighted by molar-refractivity contribution is 0.355. The third kappa shape index (κ3) is 3.57. The van der Waals surface area contributed by atoms with Crippen LogP contribution in [0.5, 0.6) is 11.5 Å². The van der Waals surface area contributed by atoms with E-state index in [1.54, 1.807) is 20.4 Å². The molecule has 3 heterocycles. The molecule has 27 heavy (non-hydrogen) atoms. The zero-order valence-electron chi connectivity index (χ0n) is 15.2. The minimum absolute atomic E-state index is 0.420. The van der Waals surface area contributed by atoms with Gasteiger partial charge in [-0.15, -0.1) is 0 Å². The van der Waals surface area contributed by atoms with Crippen LogP contribution in [0.3, 0.4) is 0 Å². The molecule has 0 spiro atoms. The lowest BCUT2D eigenvalue weighted by atomic mass is 10.1. The second-order valence-corrected chi connectivity index (χ2v) is 7.19. The van der Waals surface area contributed by atoms with Crippen LogP contribution in [0.4, 0.5) is 5.82 Å². The number of ether oxygens (including phenoxy) is 2. The maximum atomic E-state index is 5.45. The molecule has 0 radical (unpaired) electrons. The van der Waals surface area contributed by atoms with Gasteiger partial charge in [0.25, 0.3) is 5.89 Å². The van der Waals surface area contributed by atoms with E-state index < -0.39 is 0 Å². The van der Waals surface area contributed by atoms with Crippen molar-refractivity contribution in [3.8, 4) is 34.3 Å². The molecule has 2 aromatic heterocycles. The molecule has 140 valence electrons. The Morgan fingerprint density at radius 1 is 1.07 bits per heavy atom. The molecule has 0 atom stereocenters. The molecule has 0 N–H and O–H groups in total. The standard InChI is InChI=1S/C19H20N4O3S/c1-24-15-5-3-4-14(17(15)25-2)18-21-19(26-22-18)13-6-7-16(20-12-13)23-8-10-27-11-9-23/h3-7,12H,8-11H2,1-2H3. The minimum Gasteiger partial charge on any atom is -0.493 e. The van der Waals surface area contributed by atoms with E-state index in [9.17, 15) is 0 Å². The molecule has 7 nitrogen and oxygen atoms in total. The summed E-state index contributed by atoms with van der Waals surface area (Å²) < 4.78 is 16.2. The second-order valence-electron chi connectivity index (χ2n) is 5.97. The van der Waals surface area contributed by atoms with Crippen molar-refractivity contribution >= 4 is 17.6 Å². The Bertz CT molecular complexity index is 908. The van der Waals surface area contributed by atoms with E-state index in [1.165, 1.54) is 0 Å². The molecule has 0 bridgehead atoms. The molecular formula is C19H20N4O3S. The fourth-order valence-electron chi connectivity index (χ4n) is 3.01. The molecule has 1 fully saturated rings.